The van der Waals surface area contributed by atoms with Crippen molar-refractivity contribution < 1.29 is 22.6 Å². The molecule has 0 radical (unpaired) electrons. The van der Waals surface area contributed by atoms with E-state index in [1.165, 1.54) is 11.8 Å². The normalized spacial score (nSPS) is 18.7. The van der Waals surface area contributed by atoms with E-state index in [9.17, 15) is 8.42 Å². The van der Waals surface area contributed by atoms with E-state index >= 15 is 0 Å². The zero-order chi connectivity index (χ0) is 21.6. The number of ether oxygens (including phenoxy) is 3. The predicted octanol–water partition coefficient (Wildman–Crippen LogP) is 2.46. The summed E-state index contributed by atoms with van der Waals surface area (Å²) in [4.78, 5) is 4.88. The highest BCUT2D eigenvalue weighted by Crippen LogP contribution is 2.41. The van der Waals surface area contributed by atoms with Gasteiger partial charge in [0.25, 0.3) is 0 Å². The van der Waals surface area contributed by atoms with Crippen molar-refractivity contribution in [1.29, 1.82) is 0 Å². The summed E-state index contributed by atoms with van der Waals surface area (Å²) in [6.07, 6.45) is 3.54. The molecule has 0 bridgehead atoms. The molecule has 2 aliphatic heterocycles. The van der Waals surface area contributed by atoms with Gasteiger partial charge in [0.2, 0.25) is 6.79 Å². The van der Waals surface area contributed by atoms with Crippen LogP contribution in [-0.4, -0.2) is 65.5 Å². The number of aliphatic imine (C=N–C) groups is 1. The quantitative estimate of drug-likeness (QED) is 0.283. The summed E-state index contributed by atoms with van der Waals surface area (Å²) in [5, 5.41) is 6.61. The zero-order valence-electron chi connectivity index (χ0n) is 18.5. The Kier molecular flexibility index (Phi) is 9.68. The van der Waals surface area contributed by atoms with Gasteiger partial charge in [-0.3, -0.25) is 4.99 Å². The van der Waals surface area contributed by atoms with Crippen molar-refractivity contribution in [3.05, 3.63) is 23.8 Å². The monoisotopic (exact) mass is 567 g/mol. The van der Waals surface area contributed by atoms with Gasteiger partial charge in [-0.2, -0.15) is 0 Å². The molecule has 2 aliphatic rings. The topological polar surface area (TPSA) is 98.2 Å². The lowest BCUT2D eigenvalue weighted by Gasteiger charge is -2.37. The number of fused-ring (bicyclic) bond motifs is 1. The lowest BCUT2D eigenvalue weighted by molar-refractivity contribution is 0.0530. The Bertz CT molecular complexity index is 857. The number of sulfone groups is 1. The van der Waals surface area contributed by atoms with Gasteiger partial charge < -0.3 is 24.8 Å². The van der Waals surface area contributed by atoms with Gasteiger partial charge in [-0.1, -0.05) is 6.07 Å². The molecule has 0 aliphatic carbocycles. The molecule has 0 saturated carbocycles. The number of benzene rings is 1. The Balaban J connectivity index is 0.00000341. The fourth-order valence-corrected chi connectivity index (χ4v) is 4.56. The van der Waals surface area contributed by atoms with Crippen molar-refractivity contribution in [1.82, 2.24) is 10.6 Å². The SMILES string of the molecule is CCNC(=NCC1(c2ccc3c(c2)OCO3)CCOCC1)NC(C)CCS(C)(=O)=O.I. The molecule has 31 heavy (non-hydrogen) atoms. The molecule has 1 fully saturated rings. The van der Waals surface area contributed by atoms with E-state index in [-0.39, 0.29) is 48.0 Å². The number of hydrogen-bond donors (Lipinski definition) is 2. The Morgan fingerprint density at radius 3 is 2.61 bits per heavy atom. The van der Waals surface area contributed by atoms with E-state index < -0.39 is 9.84 Å². The van der Waals surface area contributed by atoms with Crippen molar-refractivity contribution in [3.63, 3.8) is 0 Å². The molecule has 176 valence electrons. The summed E-state index contributed by atoms with van der Waals surface area (Å²) >= 11 is 0. The van der Waals surface area contributed by atoms with Gasteiger partial charge in [-0.15, -0.1) is 24.0 Å². The highest BCUT2D eigenvalue weighted by molar-refractivity contribution is 14.0. The molecule has 1 saturated heterocycles. The van der Waals surface area contributed by atoms with E-state index in [1.807, 2.05) is 19.9 Å². The molecule has 2 heterocycles. The second-order valence-electron chi connectivity index (χ2n) is 8.12. The first kappa shape index (κ1) is 26.0. The lowest BCUT2D eigenvalue weighted by Crippen LogP contribution is -2.44. The minimum absolute atomic E-state index is 0. The van der Waals surface area contributed by atoms with Crippen molar-refractivity contribution in [3.8, 4) is 11.5 Å². The summed E-state index contributed by atoms with van der Waals surface area (Å²) in [6, 6.07) is 6.13. The summed E-state index contributed by atoms with van der Waals surface area (Å²) in [5.41, 5.74) is 1.04. The van der Waals surface area contributed by atoms with Crippen LogP contribution in [-0.2, 0) is 20.0 Å². The molecule has 0 spiro atoms. The summed E-state index contributed by atoms with van der Waals surface area (Å²) in [7, 11) is -2.98. The van der Waals surface area contributed by atoms with Gasteiger partial charge in [-0.05, 0) is 50.8 Å². The largest absolute Gasteiger partial charge is 0.454 e. The predicted molar refractivity (Wildman–Crippen MR) is 133 cm³/mol. The molecule has 3 rings (SSSR count). The first-order chi connectivity index (χ1) is 14.3. The lowest BCUT2D eigenvalue weighted by atomic mass is 9.74. The van der Waals surface area contributed by atoms with Gasteiger partial charge in [-0.25, -0.2) is 8.42 Å². The van der Waals surface area contributed by atoms with Gasteiger partial charge in [0.1, 0.15) is 9.84 Å². The number of rotatable bonds is 8. The average molecular weight is 567 g/mol. The minimum atomic E-state index is -2.98. The van der Waals surface area contributed by atoms with E-state index in [0.29, 0.717) is 32.1 Å². The molecule has 1 aromatic rings. The number of nitrogens with one attached hydrogen (secondary N) is 2. The number of nitrogens with zero attached hydrogens (tertiary/aromatic N) is 1. The maximum absolute atomic E-state index is 11.5. The smallest absolute Gasteiger partial charge is 0.231 e. The van der Waals surface area contributed by atoms with E-state index in [1.54, 1.807) is 0 Å². The molecule has 8 nitrogen and oxygen atoms in total. The van der Waals surface area contributed by atoms with Crippen LogP contribution in [0.3, 0.4) is 0 Å². The number of guanidine groups is 1. The van der Waals surface area contributed by atoms with Gasteiger partial charge in [0.05, 0.1) is 12.3 Å². The van der Waals surface area contributed by atoms with Gasteiger partial charge in [0, 0.05) is 37.5 Å². The van der Waals surface area contributed by atoms with Crippen LogP contribution in [0.5, 0.6) is 11.5 Å². The average Bonchev–Trinajstić information content (AvgIpc) is 3.19. The van der Waals surface area contributed by atoms with E-state index in [4.69, 9.17) is 19.2 Å². The van der Waals surface area contributed by atoms with Crippen LogP contribution >= 0.6 is 24.0 Å². The Morgan fingerprint density at radius 2 is 1.94 bits per heavy atom. The third kappa shape index (κ3) is 7.38. The molecular formula is C21H34IN3O5S. The molecule has 0 aromatic heterocycles. The summed E-state index contributed by atoms with van der Waals surface area (Å²) in [5.74, 6) is 2.41. The number of hydrogen-bond acceptors (Lipinski definition) is 6. The number of halogens is 1. The van der Waals surface area contributed by atoms with Crippen molar-refractivity contribution in [2.24, 2.45) is 4.99 Å². The molecule has 0 amide bonds. The second-order valence-corrected chi connectivity index (χ2v) is 10.4. The molecule has 1 aromatic carbocycles. The third-order valence-corrected chi connectivity index (χ3v) is 6.60. The fraction of sp³-hybridized carbons (Fsp3) is 0.667. The molecule has 1 atom stereocenters. The van der Waals surface area contributed by atoms with Gasteiger partial charge >= 0.3 is 0 Å². The van der Waals surface area contributed by atoms with Crippen LogP contribution in [0.15, 0.2) is 23.2 Å². The van der Waals surface area contributed by atoms with Crippen LogP contribution in [0.4, 0.5) is 0 Å². The Labute approximate surface area is 202 Å². The van der Waals surface area contributed by atoms with Crippen LogP contribution in [0.1, 0.15) is 38.7 Å². The molecule has 1 unspecified atom stereocenters. The standard InChI is InChI=1S/C21H33N3O5S.HI/c1-4-22-20(24-16(2)7-12-30(3,25)26)23-14-21(8-10-27-11-9-21)17-5-6-18-19(13-17)29-15-28-18;/h5-6,13,16H,4,7-12,14-15H2,1-3H3,(H2,22,23,24);1H. The third-order valence-electron chi connectivity index (χ3n) is 5.62. The van der Waals surface area contributed by atoms with Crippen LogP contribution in [0, 0.1) is 0 Å². The molecule has 2 N–H and O–H groups in total. The van der Waals surface area contributed by atoms with Crippen molar-refractivity contribution in [2.75, 3.05) is 45.1 Å². The minimum Gasteiger partial charge on any atom is -0.454 e. The summed E-state index contributed by atoms with van der Waals surface area (Å²) in [6.45, 7) is 6.96. The second kappa shape index (κ2) is 11.6. The first-order valence-electron chi connectivity index (χ1n) is 10.5. The molecular weight excluding hydrogens is 533 g/mol. The highest BCUT2D eigenvalue weighted by atomic mass is 127. The van der Waals surface area contributed by atoms with Crippen LogP contribution in [0.2, 0.25) is 0 Å². The Hall–Kier alpha value is -1.27. The fourth-order valence-electron chi connectivity index (χ4n) is 3.77. The zero-order valence-corrected chi connectivity index (χ0v) is 21.6. The van der Waals surface area contributed by atoms with E-state index in [2.05, 4.69) is 22.8 Å². The summed E-state index contributed by atoms with van der Waals surface area (Å²) < 4.78 is 39.6. The van der Waals surface area contributed by atoms with Crippen molar-refractivity contribution >= 4 is 39.8 Å². The highest BCUT2D eigenvalue weighted by Gasteiger charge is 2.35. The van der Waals surface area contributed by atoms with Gasteiger partial charge in [0.15, 0.2) is 17.5 Å². The maximum Gasteiger partial charge on any atom is 0.231 e. The Morgan fingerprint density at radius 1 is 1.23 bits per heavy atom. The van der Waals surface area contributed by atoms with Crippen LogP contribution in [0.25, 0.3) is 0 Å². The first-order valence-corrected chi connectivity index (χ1v) is 12.6. The maximum atomic E-state index is 11.5. The van der Waals surface area contributed by atoms with Crippen molar-refractivity contribution in [2.45, 2.75) is 44.6 Å². The van der Waals surface area contributed by atoms with Crippen LogP contribution < -0.4 is 20.1 Å². The van der Waals surface area contributed by atoms with E-state index in [0.717, 1.165) is 30.9 Å². The molecule has 10 heteroatoms.